The van der Waals surface area contributed by atoms with Crippen molar-refractivity contribution in [2.75, 3.05) is 5.32 Å². The van der Waals surface area contributed by atoms with Crippen LogP contribution in [0.15, 0.2) is 41.8 Å². The van der Waals surface area contributed by atoms with Crippen molar-refractivity contribution in [1.82, 2.24) is 4.98 Å². The van der Waals surface area contributed by atoms with Gasteiger partial charge in [-0.15, -0.1) is 11.3 Å². The monoisotopic (exact) mass is 474 g/mol. The lowest BCUT2D eigenvalue weighted by Crippen LogP contribution is -2.10. The second-order valence-electron chi connectivity index (χ2n) is 8.43. The van der Waals surface area contributed by atoms with Crippen LogP contribution >= 0.6 is 22.9 Å². The number of carbonyl (C=O) groups is 1. The van der Waals surface area contributed by atoms with Crippen LogP contribution in [0.5, 0.6) is 0 Å². The molecule has 0 fully saturated rings. The lowest BCUT2D eigenvalue weighted by atomic mass is 10.1. The second-order valence-corrected chi connectivity index (χ2v) is 9.72. The lowest BCUT2D eigenvalue weighted by molar-refractivity contribution is -0.116. The summed E-state index contributed by atoms with van der Waals surface area (Å²) in [5.41, 5.74) is 1.87. The third-order valence-corrected chi connectivity index (χ3v) is 6.57. The Labute approximate surface area is 203 Å². The molecule has 0 aliphatic carbocycles. The number of nitrogens with zero attached hydrogens (tertiary/aromatic N) is 1. The van der Waals surface area contributed by atoms with Crippen molar-refractivity contribution < 1.29 is 4.79 Å². The van der Waals surface area contributed by atoms with E-state index in [2.05, 4.69) is 29.4 Å². The van der Waals surface area contributed by atoms with E-state index in [4.69, 9.17) is 11.6 Å². The molecule has 1 heterocycles. The molecule has 0 bridgehead atoms. The SMILES string of the molecule is CCCCCCCC/C=C/CCCCCCCC(=O)Nc1nc(-c2ccc(Cl)cc2)cs1. The van der Waals surface area contributed by atoms with Crippen molar-refractivity contribution in [3.8, 4) is 11.3 Å². The van der Waals surface area contributed by atoms with Gasteiger partial charge in [0.2, 0.25) is 5.91 Å². The quantitative estimate of drug-likeness (QED) is 0.183. The fourth-order valence-electron chi connectivity index (χ4n) is 3.62. The smallest absolute Gasteiger partial charge is 0.226 e. The third kappa shape index (κ3) is 11.8. The first kappa shape index (κ1) is 26.6. The summed E-state index contributed by atoms with van der Waals surface area (Å²) in [5, 5.41) is 6.25. The number of carbonyl (C=O) groups excluding carboxylic acids is 1. The number of amides is 1. The van der Waals surface area contributed by atoms with E-state index < -0.39 is 0 Å². The number of benzene rings is 1. The van der Waals surface area contributed by atoms with Gasteiger partial charge in [0, 0.05) is 22.4 Å². The van der Waals surface area contributed by atoms with Gasteiger partial charge in [-0.2, -0.15) is 0 Å². The van der Waals surface area contributed by atoms with Gasteiger partial charge in [0.25, 0.3) is 0 Å². The molecule has 0 radical (unpaired) electrons. The molecular weight excluding hydrogens is 436 g/mol. The van der Waals surface area contributed by atoms with Crippen LogP contribution < -0.4 is 5.32 Å². The Balaban J connectivity index is 1.45. The summed E-state index contributed by atoms with van der Waals surface area (Å²) in [6.45, 7) is 2.27. The summed E-state index contributed by atoms with van der Waals surface area (Å²) in [4.78, 5) is 16.7. The first-order valence-electron chi connectivity index (χ1n) is 12.4. The topological polar surface area (TPSA) is 42.0 Å². The van der Waals surface area contributed by atoms with Gasteiger partial charge in [-0.25, -0.2) is 4.98 Å². The predicted octanol–water partition coefficient (Wildman–Crippen LogP) is 9.44. The van der Waals surface area contributed by atoms with Crippen molar-refractivity contribution in [1.29, 1.82) is 0 Å². The van der Waals surface area contributed by atoms with E-state index in [1.165, 1.54) is 82.0 Å². The maximum Gasteiger partial charge on any atom is 0.226 e. The number of hydrogen-bond acceptors (Lipinski definition) is 3. The molecule has 0 saturated heterocycles. The molecule has 2 aromatic rings. The summed E-state index contributed by atoms with van der Waals surface area (Å²) in [6, 6.07) is 7.57. The zero-order valence-corrected chi connectivity index (χ0v) is 21.2. The molecule has 5 heteroatoms. The van der Waals surface area contributed by atoms with Crippen LogP contribution in [0.1, 0.15) is 96.8 Å². The van der Waals surface area contributed by atoms with Crippen molar-refractivity contribution in [3.63, 3.8) is 0 Å². The minimum atomic E-state index is 0.0552. The minimum absolute atomic E-state index is 0.0552. The van der Waals surface area contributed by atoms with Crippen LogP contribution in [0, 0.1) is 0 Å². The highest BCUT2D eigenvalue weighted by Gasteiger charge is 2.08. The maximum atomic E-state index is 12.2. The number of allylic oxidation sites excluding steroid dienone is 2. The van der Waals surface area contributed by atoms with Gasteiger partial charge in [0.05, 0.1) is 5.69 Å². The Morgan fingerprint density at radius 3 is 2.16 bits per heavy atom. The largest absolute Gasteiger partial charge is 0.302 e. The molecular formula is C27H39ClN2OS. The van der Waals surface area contributed by atoms with Gasteiger partial charge in [0.1, 0.15) is 0 Å². The van der Waals surface area contributed by atoms with Crippen molar-refractivity contribution >= 4 is 34.0 Å². The Bertz CT molecular complexity index is 785. The van der Waals surface area contributed by atoms with E-state index in [9.17, 15) is 4.79 Å². The average Bonchev–Trinajstić information content (AvgIpc) is 3.25. The molecule has 0 aliphatic rings. The van der Waals surface area contributed by atoms with Gasteiger partial charge < -0.3 is 5.32 Å². The average molecular weight is 475 g/mol. The Kier molecular flexibility index (Phi) is 14.1. The number of halogens is 1. The number of unbranched alkanes of at least 4 members (excludes halogenated alkanes) is 11. The standard InChI is InChI=1S/C27H39ClN2OS/c1-2-3-4-5-6-7-8-9-10-11-12-13-14-15-16-17-26(31)30-27-29-25(22-32-27)23-18-20-24(28)21-19-23/h9-10,18-22H,2-8,11-17H2,1H3,(H,29,30,31)/b10-9+. The Morgan fingerprint density at radius 2 is 1.50 bits per heavy atom. The van der Waals surface area contributed by atoms with Gasteiger partial charge in [-0.3, -0.25) is 4.79 Å². The molecule has 176 valence electrons. The zero-order valence-electron chi connectivity index (χ0n) is 19.6. The summed E-state index contributed by atoms with van der Waals surface area (Å²) in [7, 11) is 0. The van der Waals surface area contributed by atoms with Crippen LogP contribution in [0.25, 0.3) is 11.3 Å². The van der Waals surface area contributed by atoms with E-state index in [1.807, 2.05) is 29.6 Å². The van der Waals surface area contributed by atoms with E-state index in [-0.39, 0.29) is 5.91 Å². The molecule has 0 atom stereocenters. The molecule has 1 N–H and O–H groups in total. The summed E-state index contributed by atoms with van der Waals surface area (Å²) in [6.07, 6.45) is 21.7. The summed E-state index contributed by atoms with van der Waals surface area (Å²) >= 11 is 7.39. The molecule has 32 heavy (non-hydrogen) atoms. The number of aromatic nitrogens is 1. The number of anilines is 1. The number of nitrogens with one attached hydrogen (secondary N) is 1. The molecule has 0 unspecified atom stereocenters. The van der Waals surface area contributed by atoms with E-state index >= 15 is 0 Å². The van der Waals surface area contributed by atoms with Crippen molar-refractivity contribution in [3.05, 3.63) is 46.8 Å². The Hall–Kier alpha value is -1.65. The first-order valence-corrected chi connectivity index (χ1v) is 13.6. The highest BCUT2D eigenvalue weighted by molar-refractivity contribution is 7.14. The Morgan fingerprint density at radius 1 is 0.906 bits per heavy atom. The van der Waals surface area contributed by atoms with Crippen LogP contribution in [-0.4, -0.2) is 10.9 Å². The highest BCUT2D eigenvalue weighted by atomic mass is 35.5. The molecule has 0 saturated carbocycles. The van der Waals surface area contributed by atoms with Gasteiger partial charge in [0.15, 0.2) is 5.13 Å². The van der Waals surface area contributed by atoms with Gasteiger partial charge in [-0.05, 0) is 44.2 Å². The van der Waals surface area contributed by atoms with Crippen LogP contribution in [-0.2, 0) is 4.79 Å². The number of hydrogen-bond donors (Lipinski definition) is 1. The van der Waals surface area contributed by atoms with Crippen LogP contribution in [0.4, 0.5) is 5.13 Å². The van der Waals surface area contributed by atoms with E-state index in [1.54, 1.807) is 0 Å². The lowest BCUT2D eigenvalue weighted by Gasteiger charge is -2.02. The molecule has 0 aliphatic heterocycles. The van der Waals surface area contributed by atoms with Crippen LogP contribution in [0.3, 0.4) is 0 Å². The van der Waals surface area contributed by atoms with Gasteiger partial charge >= 0.3 is 0 Å². The van der Waals surface area contributed by atoms with E-state index in [0.717, 1.165) is 24.1 Å². The van der Waals surface area contributed by atoms with E-state index in [0.29, 0.717) is 16.6 Å². The molecule has 1 aromatic heterocycles. The molecule has 3 nitrogen and oxygen atoms in total. The van der Waals surface area contributed by atoms with Crippen molar-refractivity contribution in [2.45, 2.75) is 96.8 Å². The molecule has 1 amide bonds. The highest BCUT2D eigenvalue weighted by Crippen LogP contribution is 2.26. The fraction of sp³-hybridized carbons (Fsp3) is 0.556. The normalized spacial score (nSPS) is 11.3. The van der Waals surface area contributed by atoms with Crippen molar-refractivity contribution in [2.24, 2.45) is 0 Å². The van der Waals surface area contributed by atoms with Gasteiger partial charge in [-0.1, -0.05) is 94.2 Å². The fourth-order valence-corrected chi connectivity index (χ4v) is 4.48. The first-order chi connectivity index (χ1) is 15.7. The minimum Gasteiger partial charge on any atom is -0.302 e. The molecule has 2 rings (SSSR count). The molecule has 1 aromatic carbocycles. The molecule has 0 spiro atoms. The predicted molar refractivity (Wildman–Crippen MR) is 141 cm³/mol. The number of rotatable bonds is 17. The maximum absolute atomic E-state index is 12.2. The van der Waals surface area contributed by atoms with Crippen LogP contribution in [0.2, 0.25) is 5.02 Å². The second kappa shape index (κ2) is 16.9. The number of thiazole rings is 1. The zero-order chi connectivity index (χ0) is 22.9. The summed E-state index contributed by atoms with van der Waals surface area (Å²) < 4.78 is 0. The summed E-state index contributed by atoms with van der Waals surface area (Å²) in [5.74, 6) is 0.0552. The third-order valence-electron chi connectivity index (χ3n) is 5.56.